The molecule has 3 aliphatic rings. The monoisotopic (exact) mass is 366 g/mol. The van der Waals surface area contributed by atoms with Gasteiger partial charge in [0.1, 0.15) is 5.78 Å². The molecule has 1 aromatic carbocycles. The lowest BCUT2D eigenvalue weighted by Crippen LogP contribution is -2.43. The molecule has 5 nitrogen and oxygen atoms in total. The molecule has 27 heavy (non-hydrogen) atoms. The highest BCUT2D eigenvalue weighted by atomic mass is 16.1. The van der Waals surface area contributed by atoms with Gasteiger partial charge in [0.25, 0.3) is 0 Å². The zero-order valence-corrected chi connectivity index (χ0v) is 16.2. The second-order valence-electron chi connectivity index (χ2n) is 8.00. The molecule has 0 saturated carbocycles. The Hall–Kier alpha value is -2.14. The van der Waals surface area contributed by atoms with E-state index in [-0.39, 0.29) is 6.04 Å². The van der Waals surface area contributed by atoms with E-state index in [1.807, 2.05) is 6.20 Å². The first kappa shape index (κ1) is 18.2. The van der Waals surface area contributed by atoms with E-state index in [4.69, 9.17) is 4.99 Å². The van der Waals surface area contributed by atoms with Gasteiger partial charge in [-0.05, 0) is 55.0 Å². The van der Waals surface area contributed by atoms with Crippen molar-refractivity contribution in [3.8, 4) is 0 Å². The van der Waals surface area contributed by atoms with E-state index in [9.17, 15) is 4.79 Å². The SMILES string of the molecule is CC1CCC(=O)CC2=CNC(=NCCN3CCCC3)NC2c2ccccc21. The number of carbonyl (C=O) groups excluding carboxylic acids is 1. The van der Waals surface area contributed by atoms with Crippen LogP contribution in [0.15, 0.2) is 41.0 Å². The summed E-state index contributed by atoms with van der Waals surface area (Å²) in [4.78, 5) is 19.6. The third-order valence-electron chi connectivity index (χ3n) is 6.03. The van der Waals surface area contributed by atoms with Crippen LogP contribution in [0, 0.1) is 0 Å². The standard InChI is InChI=1S/C22H30N4O/c1-16-8-9-18(27)14-17-15-24-22(23-10-13-26-11-4-5-12-26)25-21(17)20-7-3-2-6-19(16)20/h2-3,6-7,15-16,21H,4-5,8-14H2,1H3,(H2,23,24,25). The average molecular weight is 367 g/mol. The van der Waals surface area contributed by atoms with Gasteiger partial charge in [-0.3, -0.25) is 9.79 Å². The molecule has 0 radical (unpaired) electrons. The topological polar surface area (TPSA) is 56.7 Å². The number of guanidine groups is 1. The Morgan fingerprint density at radius 2 is 1.96 bits per heavy atom. The van der Waals surface area contributed by atoms with Gasteiger partial charge in [0.2, 0.25) is 0 Å². The van der Waals surface area contributed by atoms with Gasteiger partial charge in [-0.1, -0.05) is 31.2 Å². The third-order valence-corrected chi connectivity index (χ3v) is 6.03. The fourth-order valence-electron chi connectivity index (χ4n) is 4.42. The molecule has 2 N–H and O–H groups in total. The predicted molar refractivity (Wildman–Crippen MR) is 109 cm³/mol. The van der Waals surface area contributed by atoms with Crippen molar-refractivity contribution < 1.29 is 4.79 Å². The van der Waals surface area contributed by atoms with Crippen LogP contribution in [0.5, 0.6) is 0 Å². The predicted octanol–water partition coefficient (Wildman–Crippen LogP) is 3.11. The summed E-state index contributed by atoms with van der Waals surface area (Å²) in [6, 6.07) is 8.63. The molecule has 0 spiro atoms. The lowest BCUT2D eigenvalue weighted by atomic mass is 9.87. The Balaban J connectivity index is 1.56. The number of hydrogen-bond acceptors (Lipinski definition) is 3. The second kappa shape index (κ2) is 8.26. The third kappa shape index (κ3) is 4.24. The number of rotatable bonds is 3. The van der Waals surface area contributed by atoms with Gasteiger partial charge in [0, 0.05) is 25.6 Å². The van der Waals surface area contributed by atoms with Crippen LogP contribution in [0.1, 0.15) is 62.1 Å². The molecule has 4 rings (SSSR count). The highest BCUT2D eigenvalue weighted by molar-refractivity contribution is 5.86. The molecular weight excluding hydrogens is 336 g/mol. The Bertz CT molecular complexity index is 748. The number of Topliss-reactive ketones (excluding diaryl/α,β-unsaturated/α-hetero) is 1. The molecule has 1 saturated heterocycles. The maximum Gasteiger partial charge on any atom is 0.196 e. The van der Waals surface area contributed by atoms with Crippen molar-refractivity contribution in [2.75, 3.05) is 26.2 Å². The Labute approximate surface area is 161 Å². The van der Waals surface area contributed by atoms with Gasteiger partial charge in [-0.25, -0.2) is 0 Å². The van der Waals surface area contributed by atoms with Crippen molar-refractivity contribution in [3.05, 3.63) is 47.2 Å². The minimum absolute atomic E-state index is 0.0255. The lowest BCUT2D eigenvalue weighted by Gasteiger charge is -2.30. The fraction of sp³-hybridized carbons (Fsp3) is 0.545. The van der Waals surface area contributed by atoms with Crippen LogP contribution >= 0.6 is 0 Å². The Morgan fingerprint density at radius 3 is 2.78 bits per heavy atom. The Kier molecular flexibility index (Phi) is 5.58. The van der Waals surface area contributed by atoms with E-state index in [0.717, 1.165) is 31.0 Å². The lowest BCUT2D eigenvalue weighted by molar-refractivity contribution is -0.118. The quantitative estimate of drug-likeness (QED) is 0.863. The fourth-order valence-corrected chi connectivity index (χ4v) is 4.42. The van der Waals surface area contributed by atoms with Gasteiger partial charge < -0.3 is 15.5 Å². The minimum Gasteiger partial charge on any atom is -0.345 e. The molecule has 2 heterocycles. The molecule has 1 aliphatic carbocycles. The minimum atomic E-state index is 0.0255. The number of benzene rings is 1. The molecule has 2 aliphatic heterocycles. The Morgan fingerprint density at radius 1 is 1.19 bits per heavy atom. The number of likely N-dealkylation sites (tertiary alicyclic amines) is 1. The van der Waals surface area contributed by atoms with Crippen LogP contribution in [0.3, 0.4) is 0 Å². The van der Waals surface area contributed by atoms with E-state index in [1.165, 1.54) is 37.1 Å². The number of hydrogen-bond donors (Lipinski definition) is 2. The van der Waals surface area contributed by atoms with Crippen molar-refractivity contribution >= 4 is 11.7 Å². The molecule has 144 valence electrons. The molecule has 2 atom stereocenters. The second-order valence-corrected chi connectivity index (χ2v) is 8.00. The molecule has 0 bridgehead atoms. The largest absolute Gasteiger partial charge is 0.345 e. The van der Waals surface area contributed by atoms with Crippen LogP contribution in [-0.2, 0) is 4.79 Å². The summed E-state index contributed by atoms with van der Waals surface area (Å²) >= 11 is 0. The molecule has 1 fully saturated rings. The van der Waals surface area contributed by atoms with E-state index in [0.29, 0.717) is 24.5 Å². The molecule has 2 unspecified atom stereocenters. The van der Waals surface area contributed by atoms with E-state index in [2.05, 4.69) is 46.7 Å². The number of fused-ring (bicyclic) bond motifs is 3. The highest BCUT2D eigenvalue weighted by Crippen LogP contribution is 2.35. The van der Waals surface area contributed by atoms with Gasteiger partial charge >= 0.3 is 0 Å². The summed E-state index contributed by atoms with van der Waals surface area (Å²) in [5.41, 5.74) is 3.73. The average Bonchev–Trinajstić information content (AvgIpc) is 3.21. The van der Waals surface area contributed by atoms with Crippen molar-refractivity contribution in [2.45, 2.75) is 51.0 Å². The normalized spacial score (nSPS) is 27.5. The van der Waals surface area contributed by atoms with E-state index < -0.39 is 0 Å². The molecular formula is C22H30N4O. The van der Waals surface area contributed by atoms with Gasteiger partial charge in [-0.15, -0.1) is 0 Å². The summed E-state index contributed by atoms with van der Waals surface area (Å²) in [5, 5.41) is 6.85. The van der Waals surface area contributed by atoms with Crippen molar-refractivity contribution in [1.29, 1.82) is 0 Å². The van der Waals surface area contributed by atoms with E-state index >= 15 is 0 Å². The van der Waals surface area contributed by atoms with Crippen LogP contribution in [0.2, 0.25) is 0 Å². The highest BCUT2D eigenvalue weighted by Gasteiger charge is 2.28. The maximum absolute atomic E-state index is 12.4. The number of nitrogens with zero attached hydrogens (tertiary/aromatic N) is 2. The summed E-state index contributed by atoms with van der Waals surface area (Å²) in [6.45, 7) is 6.44. The zero-order valence-electron chi connectivity index (χ0n) is 16.2. The van der Waals surface area contributed by atoms with Crippen molar-refractivity contribution in [2.24, 2.45) is 4.99 Å². The first-order chi connectivity index (χ1) is 13.2. The van der Waals surface area contributed by atoms with Crippen LogP contribution in [0.4, 0.5) is 0 Å². The summed E-state index contributed by atoms with van der Waals surface area (Å²) < 4.78 is 0. The van der Waals surface area contributed by atoms with Gasteiger partial charge in [0.15, 0.2) is 5.96 Å². The zero-order chi connectivity index (χ0) is 18.6. The number of carbonyl (C=O) groups is 1. The number of ketones is 1. The van der Waals surface area contributed by atoms with Crippen LogP contribution in [0.25, 0.3) is 0 Å². The molecule has 1 aromatic rings. The van der Waals surface area contributed by atoms with Crippen molar-refractivity contribution in [1.82, 2.24) is 15.5 Å². The van der Waals surface area contributed by atoms with Crippen LogP contribution in [-0.4, -0.2) is 42.8 Å². The number of aliphatic imine (C=N–C) groups is 1. The smallest absolute Gasteiger partial charge is 0.196 e. The van der Waals surface area contributed by atoms with Gasteiger partial charge in [0.05, 0.1) is 12.6 Å². The summed E-state index contributed by atoms with van der Waals surface area (Å²) in [5.74, 6) is 1.53. The maximum atomic E-state index is 12.4. The molecule has 0 amide bonds. The van der Waals surface area contributed by atoms with Gasteiger partial charge in [-0.2, -0.15) is 0 Å². The first-order valence-corrected chi connectivity index (χ1v) is 10.3. The molecule has 5 heteroatoms. The summed E-state index contributed by atoms with van der Waals surface area (Å²) in [7, 11) is 0. The van der Waals surface area contributed by atoms with Crippen molar-refractivity contribution in [3.63, 3.8) is 0 Å². The molecule has 0 aromatic heterocycles. The van der Waals surface area contributed by atoms with Crippen LogP contribution < -0.4 is 10.6 Å². The first-order valence-electron chi connectivity index (χ1n) is 10.3. The number of nitrogens with one attached hydrogen (secondary N) is 2. The van der Waals surface area contributed by atoms with E-state index in [1.54, 1.807) is 0 Å². The summed E-state index contributed by atoms with van der Waals surface area (Å²) in [6.07, 6.45) is 6.69.